The van der Waals surface area contributed by atoms with Gasteiger partial charge in [-0.2, -0.15) is 5.26 Å². The van der Waals surface area contributed by atoms with E-state index in [4.69, 9.17) is 15.1 Å². The number of rotatable bonds is 10. The molecule has 0 bridgehead atoms. The van der Waals surface area contributed by atoms with Gasteiger partial charge in [-0.15, -0.1) is 0 Å². The summed E-state index contributed by atoms with van der Waals surface area (Å²) in [6.45, 7) is 2.67. The number of aliphatic hydroxyl groups excluding tert-OH is 1. The van der Waals surface area contributed by atoms with Crippen molar-refractivity contribution in [2.24, 2.45) is 0 Å². The van der Waals surface area contributed by atoms with Gasteiger partial charge < -0.3 is 20.5 Å². The average Bonchev–Trinajstić information content (AvgIpc) is 2.61. The molecule has 0 aliphatic carbocycles. The highest BCUT2D eigenvalue weighted by molar-refractivity contribution is 6.09. The quantitative estimate of drug-likeness (QED) is 0.259. The van der Waals surface area contributed by atoms with Crippen LogP contribution in [0.2, 0.25) is 0 Å². The molecule has 0 saturated carbocycles. The van der Waals surface area contributed by atoms with Crippen LogP contribution in [0.4, 0.5) is 5.69 Å². The molecular formula is C18H23N3O4. The number of nitrogens with one attached hydrogen (secondary N) is 2. The predicted molar refractivity (Wildman–Crippen MR) is 93.7 cm³/mol. The molecule has 1 aromatic rings. The Balaban J connectivity index is 2.70. The van der Waals surface area contributed by atoms with Gasteiger partial charge in [0.05, 0.1) is 17.9 Å². The SMILES string of the molecule is CCOC(=O)c1ccccc1NC(=O)/C(C#N)=C\NCCCCCO. The number of esters is 1. The number of nitriles is 1. The topological polar surface area (TPSA) is 111 Å². The van der Waals surface area contributed by atoms with E-state index in [2.05, 4.69) is 10.6 Å². The molecule has 7 heteroatoms. The van der Waals surface area contributed by atoms with E-state index < -0.39 is 11.9 Å². The lowest BCUT2D eigenvalue weighted by Crippen LogP contribution is -2.19. The molecule has 0 saturated heterocycles. The van der Waals surface area contributed by atoms with Crippen LogP contribution in [0.1, 0.15) is 36.5 Å². The first-order valence-electron chi connectivity index (χ1n) is 8.16. The van der Waals surface area contributed by atoms with E-state index in [0.717, 1.165) is 19.3 Å². The fourth-order valence-corrected chi connectivity index (χ4v) is 2.01. The lowest BCUT2D eigenvalue weighted by molar-refractivity contribution is -0.112. The van der Waals surface area contributed by atoms with Crippen molar-refractivity contribution in [2.45, 2.75) is 26.2 Å². The molecule has 0 spiro atoms. The normalized spacial score (nSPS) is 10.7. The third-order valence-corrected chi connectivity index (χ3v) is 3.26. The molecule has 25 heavy (non-hydrogen) atoms. The van der Waals surface area contributed by atoms with Crippen LogP contribution in [0.5, 0.6) is 0 Å². The van der Waals surface area contributed by atoms with E-state index in [-0.39, 0.29) is 30.0 Å². The summed E-state index contributed by atoms with van der Waals surface area (Å²) >= 11 is 0. The number of carbonyl (C=O) groups is 2. The number of amides is 1. The van der Waals surface area contributed by atoms with Crippen LogP contribution in [0.3, 0.4) is 0 Å². The summed E-state index contributed by atoms with van der Waals surface area (Å²) in [5.74, 6) is -1.15. The number of ether oxygens (including phenoxy) is 1. The highest BCUT2D eigenvalue weighted by Gasteiger charge is 2.16. The largest absolute Gasteiger partial charge is 0.462 e. The maximum Gasteiger partial charge on any atom is 0.340 e. The van der Waals surface area contributed by atoms with Crippen LogP contribution < -0.4 is 10.6 Å². The third kappa shape index (κ3) is 7.06. The van der Waals surface area contributed by atoms with Gasteiger partial charge in [0, 0.05) is 19.4 Å². The lowest BCUT2D eigenvalue weighted by Gasteiger charge is -2.10. The predicted octanol–water partition coefficient (Wildman–Crippen LogP) is 1.96. The zero-order valence-corrected chi connectivity index (χ0v) is 14.2. The van der Waals surface area contributed by atoms with Gasteiger partial charge in [-0.1, -0.05) is 12.1 Å². The Morgan fingerprint density at radius 3 is 2.72 bits per heavy atom. The highest BCUT2D eigenvalue weighted by Crippen LogP contribution is 2.17. The zero-order chi connectivity index (χ0) is 18.5. The smallest absolute Gasteiger partial charge is 0.340 e. The fraction of sp³-hybridized carbons (Fsp3) is 0.389. The number of carbonyl (C=O) groups excluding carboxylic acids is 2. The lowest BCUT2D eigenvalue weighted by atomic mass is 10.1. The van der Waals surface area contributed by atoms with Crippen LogP contribution in [-0.4, -0.2) is 36.7 Å². The maximum absolute atomic E-state index is 12.2. The molecule has 0 aromatic heterocycles. The molecule has 0 aliphatic heterocycles. The number of unbranched alkanes of at least 4 members (excludes halogenated alkanes) is 2. The van der Waals surface area contributed by atoms with Crippen LogP contribution in [0.25, 0.3) is 0 Å². The summed E-state index contributed by atoms with van der Waals surface area (Å²) in [5.41, 5.74) is 0.419. The summed E-state index contributed by atoms with van der Waals surface area (Å²) in [7, 11) is 0. The molecule has 0 fully saturated rings. The molecule has 0 heterocycles. The molecular weight excluding hydrogens is 322 g/mol. The highest BCUT2D eigenvalue weighted by atomic mass is 16.5. The number of nitrogens with zero attached hydrogens (tertiary/aromatic N) is 1. The van der Waals surface area contributed by atoms with Gasteiger partial charge in [0.25, 0.3) is 5.91 Å². The molecule has 1 rings (SSSR count). The van der Waals surface area contributed by atoms with Crippen molar-refractivity contribution >= 4 is 17.6 Å². The van der Waals surface area contributed by atoms with Crippen LogP contribution in [0, 0.1) is 11.3 Å². The van der Waals surface area contributed by atoms with Gasteiger partial charge in [0.1, 0.15) is 11.6 Å². The van der Waals surface area contributed by atoms with Gasteiger partial charge in [-0.3, -0.25) is 4.79 Å². The van der Waals surface area contributed by atoms with E-state index in [1.807, 2.05) is 6.07 Å². The second kappa shape index (κ2) is 11.6. The molecule has 0 atom stereocenters. The number of benzene rings is 1. The molecule has 0 unspecified atom stereocenters. The molecule has 0 aliphatic rings. The first kappa shape index (κ1) is 20.2. The first-order chi connectivity index (χ1) is 12.1. The Bertz CT molecular complexity index is 650. The van der Waals surface area contributed by atoms with Crippen LogP contribution in [0.15, 0.2) is 36.0 Å². The Labute approximate surface area is 147 Å². The average molecular weight is 345 g/mol. The van der Waals surface area contributed by atoms with Crippen molar-refractivity contribution in [1.29, 1.82) is 5.26 Å². The van der Waals surface area contributed by atoms with Crippen molar-refractivity contribution in [3.8, 4) is 6.07 Å². The van der Waals surface area contributed by atoms with E-state index in [0.29, 0.717) is 6.54 Å². The molecule has 7 nitrogen and oxygen atoms in total. The summed E-state index contributed by atoms with van der Waals surface area (Å²) in [6, 6.07) is 8.28. The van der Waals surface area contributed by atoms with E-state index in [1.165, 1.54) is 6.20 Å². The van der Waals surface area contributed by atoms with E-state index in [1.54, 1.807) is 31.2 Å². The Morgan fingerprint density at radius 2 is 2.04 bits per heavy atom. The number of hydrogen-bond donors (Lipinski definition) is 3. The Morgan fingerprint density at radius 1 is 1.28 bits per heavy atom. The Kier molecular flexibility index (Phi) is 9.41. The van der Waals surface area contributed by atoms with Gasteiger partial charge in [0.2, 0.25) is 0 Å². The second-order valence-corrected chi connectivity index (χ2v) is 5.13. The summed E-state index contributed by atoms with van der Waals surface area (Å²) in [5, 5.41) is 23.3. The first-order valence-corrected chi connectivity index (χ1v) is 8.16. The monoisotopic (exact) mass is 345 g/mol. The Hall–Kier alpha value is -2.85. The van der Waals surface area contributed by atoms with Gasteiger partial charge in [-0.05, 0) is 38.3 Å². The number of para-hydroxylation sites is 1. The van der Waals surface area contributed by atoms with Crippen molar-refractivity contribution in [2.75, 3.05) is 25.1 Å². The third-order valence-electron chi connectivity index (χ3n) is 3.26. The van der Waals surface area contributed by atoms with Crippen molar-refractivity contribution in [1.82, 2.24) is 5.32 Å². The summed E-state index contributed by atoms with van der Waals surface area (Å²) < 4.78 is 4.95. The molecule has 0 radical (unpaired) electrons. The molecule has 1 aromatic carbocycles. The number of aliphatic hydroxyl groups is 1. The number of anilines is 1. The van der Waals surface area contributed by atoms with Gasteiger partial charge >= 0.3 is 5.97 Å². The van der Waals surface area contributed by atoms with Crippen molar-refractivity contribution < 1.29 is 19.4 Å². The van der Waals surface area contributed by atoms with Crippen LogP contribution in [-0.2, 0) is 9.53 Å². The minimum atomic E-state index is -0.609. The minimum absolute atomic E-state index is 0.0965. The van der Waals surface area contributed by atoms with Crippen LogP contribution >= 0.6 is 0 Å². The fourth-order valence-electron chi connectivity index (χ4n) is 2.01. The number of hydrogen-bond acceptors (Lipinski definition) is 6. The maximum atomic E-state index is 12.2. The minimum Gasteiger partial charge on any atom is -0.462 e. The summed E-state index contributed by atoms with van der Waals surface area (Å²) in [6.07, 6.45) is 3.75. The molecule has 134 valence electrons. The molecule has 3 N–H and O–H groups in total. The van der Waals surface area contributed by atoms with Crippen molar-refractivity contribution in [3.63, 3.8) is 0 Å². The van der Waals surface area contributed by atoms with E-state index >= 15 is 0 Å². The zero-order valence-electron chi connectivity index (χ0n) is 14.2. The summed E-state index contributed by atoms with van der Waals surface area (Å²) in [4.78, 5) is 24.1. The van der Waals surface area contributed by atoms with Crippen molar-refractivity contribution in [3.05, 3.63) is 41.6 Å². The molecule has 1 amide bonds. The standard InChI is InChI=1S/C18H23N3O4/c1-2-25-18(24)15-8-4-5-9-16(15)21-17(23)14(12-19)13-20-10-6-3-7-11-22/h4-5,8-9,13,20,22H,2-3,6-7,10-11H2,1H3,(H,21,23)/b14-13-. The second-order valence-electron chi connectivity index (χ2n) is 5.13. The van der Waals surface area contributed by atoms with Gasteiger partial charge in [-0.25, -0.2) is 4.79 Å². The van der Waals surface area contributed by atoms with Gasteiger partial charge in [0.15, 0.2) is 0 Å². The van der Waals surface area contributed by atoms with E-state index in [9.17, 15) is 9.59 Å².